The molecule has 0 bridgehead atoms. The van der Waals surface area contributed by atoms with Crippen molar-refractivity contribution in [2.24, 2.45) is 0 Å². The number of hydrogen-bond acceptors (Lipinski definition) is 5. The Morgan fingerprint density at radius 2 is 1.50 bits per heavy atom. The number of aliphatic hydroxyl groups is 3. The first-order chi connectivity index (χ1) is 13.7. The zero-order chi connectivity index (χ0) is 20.5. The van der Waals surface area contributed by atoms with Crippen LogP contribution in [0.15, 0.2) is 12.2 Å². The van der Waals surface area contributed by atoms with Crippen molar-refractivity contribution in [2.75, 3.05) is 19.8 Å². The number of ether oxygens (including phenoxy) is 2. The highest BCUT2D eigenvalue weighted by molar-refractivity contribution is 4.89. The Labute approximate surface area is 172 Å². The van der Waals surface area contributed by atoms with Crippen molar-refractivity contribution in [3.05, 3.63) is 12.2 Å². The molecule has 0 aromatic heterocycles. The van der Waals surface area contributed by atoms with Crippen LogP contribution < -0.4 is 0 Å². The highest BCUT2D eigenvalue weighted by Crippen LogP contribution is 2.21. The minimum atomic E-state index is -1.00. The largest absolute Gasteiger partial charge is 0.394 e. The Morgan fingerprint density at radius 1 is 0.929 bits per heavy atom. The summed E-state index contributed by atoms with van der Waals surface area (Å²) in [6, 6.07) is 0. The molecule has 0 aromatic rings. The van der Waals surface area contributed by atoms with Gasteiger partial charge in [0.15, 0.2) is 0 Å². The molecule has 28 heavy (non-hydrogen) atoms. The van der Waals surface area contributed by atoms with Gasteiger partial charge in [-0.2, -0.15) is 0 Å². The number of unbranched alkanes of at least 4 members (excludes halogenated alkanes) is 11. The maximum absolute atomic E-state index is 9.88. The summed E-state index contributed by atoms with van der Waals surface area (Å²) < 4.78 is 11.0. The lowest BCUT2D eigenvalue weighted by molar-refractivity contribution is -0.0938. The number of rotatable bonds is 18. The van der Waals surface area contributed by atoms with Crippen LogP contribution in [0.3, 0.4) is 0 Å². The normalized spacial score (nSPS) is 23.6. The summed E-state index contributed by atoms with van der Waals surface area (Å²) in [5.74, 6) is 0. The Bertz CT molecular complexity index is 374. The fraction of sp³-hybridized carbons (Fsp3) is 0.913. The van der Waals surface area contributed by atoms with E-state index in [9.17, 15) is 10.2 Å². The molecule has 0 unspecified atom stereocenters. The Hall–Kier alpha value is -0.460. The topological polar surface area (TPSA) is 79.2 Å². The third kappa shape index (κ3) is 11.5. The molecule has 1 rings (SSSR count). The van der Waals surface area contributed by atoms with E-state index in [1.54, 1.807) is 0 Å². The lowest BCUT2D eigenvalue weighted by Crippen LogP contribution is -2.42. The molecule has 1 aliphatic rings. The minimum Gasteiger partial charge on any atom is -0.394 e. The van der Waals surface area contributed by atoms with Crippen LogP contribution in [0.5, 0.6) is 0 Å². The van der Waals surface area contributed by atoms with Gasteiger partial charge in [-0.1, -0.05) is 76.9 Å². The van der Waals surface area contributed by atoms with E-state index in [1.807, 2.05) is 0 Å². The van der Waals surface area contributed by atoms with E-state index in [4.69, 9.17) is 14.6 Å². The molecule has 0 aromatic carbocycles. The smallest absolute Gasteiger partial charge is 0.114 e. The van der Waals surface area contributed by atoms with Crippen LogP contribution in [0.2, 0.25) is 0 Å². The number of aliphatic hydroxyl groups excluding tert-OH is 3. The van der Waals surface area contributed by atoms with Crippen LogP contribution in [0.25, 0.3) is 0 Å². The van der Waals surface area contributed by atoms with Crippen LogP contribution >= 0.6 is 0 Å². The van der Waals surface area contributed by atoms with E-state index in [0.29, 0.717) is 6.61 Å². The lowest BCUT2D eigenvalue weighted by Gasteiger charge is -2.23. The molecule has 3 N–H and O–H groups in total. The molecule has 5 heteroatoms. The average Bonchev–Trinajstić information content (AvgIpc) is 3.07. The van der Waals surface area contributed by atoms with Gasteiger partial charge in [0, 0.05) is 6.61 Å². The van der Waals surface area contributed by atoms with Crippen molar-refractivity contribution in [1.29, 1.82) is 0 Å². The molecule has 166 valence electrons. The first-order valence-electron chi connectivity index (χ1n) is 11.6. The molecule has 0 saturated carbocycles. The van der Waals surface area contributed by atoms with Crippen molar-refractivity contribution < 1.29 is 24.8 Å². The van der Waals surface area contributed by atoms with Gasteiger partial charge in [-0.25, -0.2) is 0 Å². The molecule has 4 atom stereocenters. The summed E-state index contributed by atoms with van der Waals surface area (Å²) in [5, 5.41) is 28.6. The van der Waals surface area contributed by atoms with Gasteiger partial charge >= 0.3 is 0 Å². The molecule has 1 heterocycles. The summed E-state index contributed by atoms with van der Waals surface area (Å²) in [7, 11) is 0. The van der Waals surface area contributed by atoms with Crippen molar-refractivity contribution in [1.82, 2.24) is 0 Å². The standard InChI is InChI=1S/C23H44O5/c1-2-3-4-5-6-7-8-9-10-11-12-13-14-15-16-17-27-23-21(26)19-28-22(23)20(25)18-24/h5-6,20-26H,2-4,7-19H2,1H3/b6-5+/t20-,21+,22-,23-/m1/s1. The van der Waals surface area contributed by atoms with Gasteiger partial charge in [0.25, 0.3) is 0 Å². The van der Waals surface area contributed by atoms with Crippen LogP contribution in [-0.2, 0) is 9.47 Å². The predicted molar refractivity (Wildman–Crippen MR) is 113 cm³/mol. The van der Waals surface area contributed by atoms with Gasteiger partial charge in [-0.05, 0) is 25.7 Å². The van der Waals surface area contributed by atoms with E-state index in [0.717, 1.165) is 12.8 Å². The molecule has 0 amide bonds. The summed E-state index contributed by atoms with van der Waals surface area (Å²) >= 11 is 0. The predicted octanol–water partition coefficient (Wildman–Crippen LogP) is 4.13. The van der Waals surface area contributed by atoms with Gasteiger partial charge in [-0.3, -0.25) is 0 Å². The van der Waals surface area contributed by atoms with Crippen LogP contribution in [0.1, 0.15) is 90.4 Å². The van der Waals surface area contributed by atoms with Gasteiger partial charge in [0.1, 0.15) is 24.4 Å². The number of hydrogen-bond donors (Lipinski definition) is 3. The van der Waals surface area contributed by atoms with Crippen LogP contribution in [0, 0.1) is 0 Å². The van der Waals surface area contributed by atoms with Crippen LogP contribution in [-0.4, -0.2) is 59.6 Å². The SMILES string of the molecule is CCCC/C=C/CCCCCCCCCCCO[C@H]1[C@@H]([C@H](O)CO)OC[C@@H]1O. The summed E-state index contributed by atoms with van der Waals surface area (Å²) in [6.07, 6.45) is 18.1. The minimum absolute atomic E-state index is 0.154. The van der Waals surface area contributed by atoms with E-state index in [2.05, 4.69) is 19.1 Å². The van der Waals surface area contributed by atoms with Gasteiger partial charge in [0.05, 0.1) is 13.2 Å². The average molecular weight is 401 g/mol. The van der Waals surface area contributed by atoms with E-state index in [1.165, 1.54) is 70.6 Å². The third-order valence-corrected chi connectivity index (χ3v) is 5.45. The molecule has 1 saturated heterocycles. The maximum atomic E-state index is 9.88. The third-order valence-electron chi connectivity index (χ3n) is 5.45. The summed E-state index contributed by atoms with van der Waals surface area (Å²) in [5.41, 5.74) is 0. The second-order valence-electron chi connectivity index (χ2n) is 8.03. The molecule has 1 aliphatic heterocycles. The highest BCUT2D eigenvalue weighted by Gasteiger charge is 2.40. The Kier molecular flexibility index (Phi) is 15.9. The second-order valence-corrected chi connectivity index (χ2v) is 8.03. The zero-order valence-electron chi connectivity index (χ0n) is 17.9. The molecule has 0 spiro atoms. The van der Waals surface area contributed by atoms with E-state index < -0.39 is 24.4 Å². The van der Waals surface area contributed by atoms with Crippen molar-refractivity contribution >= 4 is 0 Å². The zero-order valence-corrected chi connectivity index (χ0v) is 17.9. The lowest BCUT2D eigenvalue weighted by atomic mass is 10.1. The first-order valence-corrected chi connectivity index (χ1v) is 11.6. The second kappa shape index (κ2) is 17.4. The van der Waals surface area contributed by atoms with Gasteiger partial charge in [0.2, 0.25) is 0 Å². The molecule has 0 radical (unpaired) electrons. The Morgan fingerprint density at radius 3 is 2.11 bits per heavy atom. The monoisotopic (exact) mass is 400 g/mol. The van der Waals surface area contributed by atoms with Crippen molar-refractivity contribution in [3.8, 4) is 0 Å². The number of allylic oxidation sites excluding steroid dienone is 2. The van der Waals surface area contributed by atoms with Crippen LogP contribution in [0.4, 0.5) is 0 Å². The summed E-state index contributed by atoms with van der Waals surface area (Å²) in [4.78, 5) is 0. The van der Waals surface area contributed by atoms with E-state index in [-0.39, 0.29) is 13.2 Å². The van der Waals surface area contributed by atoms with Crippen molar-refractivity contribution in [3.63, 3.8) is 0 Å². The first kappa shape index (κ1) is 25.6. The maximum Gasteiger partial charge on any atom is 0.114 e. The van der Waals surface area contributed by atoms with E-state index >= 15 is 0 Å². The molecular formula is C23H44O5. The fourth-order valence-corrected chi connectivity index (χ4v) is 3.64. The summed E-state index contributed by atoms with van der Waals surface area (Å²) in [6.45, 7) is 2.57. The van der Waals surface area contributed by atoms with Gasteiger partial charge in [-0.15, -0.1) is 0 Å². The quantitative estimate of drug-likeness (QED) is 0.238. The molecule has 5 nitrogen and oxygen atoms in total. The molecule has 1 fully saturated rings. The van der Waals surface area contributed by atoms with Crippen molar-refractivity contribution in [2.45, 2.75) is 115 Å². The van der Waals surface area contributed by atoms with Gasteiger partial charge < -0.3 is 24.8 Å². The molecule has 0 aliphatic carbocycles. The fourth-order valence-electron chi connectivity index (χ4n) is 3.64. The Balaban J connectivity index is 1.87. The molecular weight excluding hydrogens is 356 g/mol. The highest BCUT2D eigenvalue weighted by atomic mass is 16.6.